The number of carbonyl (C=O) groups excluding carboxylic acids is 1. The van der Waals surface area contributed by atoms with Crippen molar-refractivity contribution in [2.24, 2.45) is 0 Å². The molecule has 1 amide bonds. The monoisotopic (exact) mass is 417 g/mol. The zero-order valence-electron chi connectivity index (χ0n) is 14.6. The van der Waals surface area contributed by atoms with E-state index in [2.05, 4.69) is 26.2 Å². The first kappa shape index (κ1) is 17.4. The first-order valence-electron chi connectivity index (χ1n) is 8.49. The van der Waals surface area contributed by atoms with Crippen molar-refractivity contribution in [3.63, 3.8) is 0 Å². The molecular formula is C22H16BrN3O. The van der Waals surface area contributed by atoms with Crippen LogP contribution in [0.15, 0.2) is 77.5 Å². The molecule has 2 aromatic heterocycles. The van der Waals surface area contributed by atoms with Crippen LogP contribution in [0.5, 0.6) is 0 Å². The van der Waals surface area contributed by atoms with E-state index in [-0.39, 0.29) is 5.91 Å². The highest BCUT2D eigenvalue weighted by Gasteiger charge is 2.15. The minimum absolute atomic E-state index is 0.166. The number of aryl methyl sites for hydroxylation is 1. The van der Waals surface area contributed by atoms with Crippen LogP contribution in [0.2, 0.25) is 0 Å². The van der Waals surface area contributed by atoms with Crippen LogP contribution in [0, 0.1) is 6.92 Å². The molecule has 0 bridgehead atoms. The molecule has 2 aromatic carbocycles. The van der Waals surface area contributed by atoms with Crippen molar-refractivity contribution in [2.75, 3.05) is 5.32 Å². The minimum Gasteiger partial charge on any atom is -0.322 e. The highest BCUT2D eigenvalue weighted by Crippen LogP contribution is 2.26. The van der Waals surface area contributed by atoms with E-state index in [1.54, 1.807) is 12.4 Å². The van der Waals surface area contributed by atoms with Crippen molar-refractivity contribution in [3.8, 4) is 11.3 Å². The predicted molar refractivity (Wildman–Crippen MR) is 112 cm³/mol. The number of hydrogen-bond donors (Lipinski definition) is 1. The van der Waals surface area contributed by atoms with Gasteiger partial charge in [0.15, 0.2) is 0 Å². The molecule has 0 aliphatic carbocycles. The number of hydrogen-bond acceptors (Lipinski definition) is 3. The SMILES string of the molecule is Cc1ccc2nc(-c3cccnc3)cc(C(=O)Nc3ccc(Br)cc3)c2c1. The number of aromatic nitrogens is 2. The highest BCUT2D eigenvalue weighted by molar-refractivity contribution is 9.10. The van der Waals surface area contributed by atoms with E-state index in [9.17, 15) is 4.79 Å². The third-order valence-corrected chi connectivity index (χ3v) is 4.80. The van der Waals surface area contributed by atoms with Gasteiger partial charge in [0.05, 0.1) is 16.8 Å². The van der Waals surface area contributed by atoms with Gasteiger partial charge in [-0.25, -0.2) is 4.98 Å². The lowest BCUT2D eigenvalue weighted by Gasteiger charge is -2.11. The Labute approximate surface area is 165 Å². The molecule has 2 heterocycles. The van der Waals surface area contributed by atoms with E-state index in [0.29, 0.717) is 5.56 Å². The van der Waals surface area contributed by atoms with Gasteiger partial charge in [-0.2, -0.15) is 0 Å². The molecule has 0 saturated carbocycles. The molecule has 27 heavy (non-hydrogen) atoms. The number of benzene rings is 2. The van der Waals surface area contributed by atoms with Crippen LogP contribution in [0.25, 0.3) is 22.2 Å². The fourth-order valence-electron chi connectivity index (χ4n) is 2.92. The third kappa shape index (κ3) is 3.73. The second-order valence-electron chi connectivity index (χ2n) is 6.28. The quantitative estimate of drug-likeness (QED) is 0.470. The Balaban J connectivity index is 1.82. The molecule has 0 unspecified atom stereocenters. The van der Waals surface area contributed by atoms with Crippen LogP contribution in [0.4, 0.5) is 5.69 Å². The van der Waals surface area contributed by atoms with E-state index in [4.69, 9.17) is 4.98 Å². The summed E-state index contributed by atoms with van der Waals surface area (Å²) in [6, 6.07) is 19.1. The molecule has 1 N–H and O–H groups in total. The van der Waals surface area contributed by atoms with Gasteiger partial charge in [-0.1, -0.05) is 27.6 Å². The molecule has 132 valence electrons. The van der Waals surface area contributed by atoms with Crippen molar-refractivity contribution in [2.45, 2.75) is 6.92 Å². The van der Waals surface area contributed by atoms with Gasteiger partial charge in [-0.3, -0.25) is 9.78 Å². The summed E-state index contributed by atoms with van der Waals surface area (Å²) in [6.07, 6.45) is 3.47. The number of fused-ring (bicyclic) bond motifs is 1. The second-order valence-corrected chi connectivity index (χ2v) is 7.19. The Morgan fingerprint density at radius 1 is 1.04 bits per heavy atom. The summed E-state index contributed by atoms with van der Waals surface area (Å²) in [5.41, 5.74) is 4.78. The summed E-state index contributed by atoms with van der Waals surface area (Å²) in [6.45, 7) is 2.00. The molecule has 0 spiro atoms. The van der Waals surface area contributed by atoms with Crippen molar-refractivity contribution in [1.82, 2.24) is 9.97 Å². The molecule has 0 fully saturated rings. The van der Waals surface area contributed by atoms with Crippen LogP contribution >= 0.6 is 15.9 Å². The Hall–Kier alpha value is -3.05. The van der Waals surface area contributed by atoms with E-state index in [1.807, 2.05) is 67.6 Å². The van der Waals surface area contributed by atoms with Gasteiger partial charge < -0.3 is 5.32 Å². The molecule has 0 aliphatic rings. The summed E-state index contributed by atoms with van der Waals surface area (Å²) >= 11 is 3.41. The zero-order valence-corrected chi connectivity index (χ0v) is 16.2. The molecule has 0 radical (unpaired) electrons. The Morgan fingerprint density at radius 3 is 2.59 bits per heavy atom. The van der Waals surface area contributed by atoms with Crippen LogP contribution < -0.4 is 5.32 Å². The van der Waals surface area contributed by atoms with Gasteiger partial charge in [0.1, 0.15) is 0 Å². The molecule has 5 heteroatoms. The van der Waals surface area contributed by atoms with Crippen molar-refractivity contribution < 1.29 is 4.79 Å². The second kappa shape index (κ2) is 7.29. The predicted octanol–water partition coefficient (Wildman–Crippen LogP) is 5.62. The van der Waals surface area contributed by atoms with Gasteiger partial charge in [0.2, 0.25) is 0 Å². The maximum Gasteiger partial charge on any atom is 0.256 e. The molecular weight excluding hydrogens is 402 g/mol. The van der Waals surface area contributed by atoms with Gasteiger partial charge >= 0.3 is 0 Å². The van der Waals surface area contributed by atoms with E-state index in [1.165, 1.54) is 0 Å². The molecule has 4 aromatic rings. The molecule has 0 atom stereocenters. The standard InChI is InChI=1S/C22H16BrN3O/c1-14-4-9-20-18(11-14)19(12-21(26-20)15-3-2-10-24-13-15)22(27)25-17-7-5-16(23)6-8-17/h2-13H,1H3,(H,25,27). The topological polar surface area (TPSA) is 54.9 Å². The van der Waals surface area contributed by atoms with E-state index in [0.717, 1.165) is 37.9 Å². The van der Waals surface area contributed by atoms with Crippen molar-refractivity contribution in [3.05, 3.63) is 88.7 Å². The van der Waals surface area contributed by atoms with Gasteiger partial charge in [0.25, 0.3) is 5.91 Å². The summed E-state index contributed by atoms with van der Waals surface area (Å²) in [5, 5.41) is 3.80. The number of halogens is 1. The average molecular weight is 418 g/mol. The van der Waals surface area contributed by atoms with Gasteiger partial charge in [-0.15, -0.1) is 0 Å². The van der Waals surface area contributed by atoms with Crippen molar-refractivity contribution >= 4 is 38.4 Å². The van der Waals surface area contributed by atoms with Crippen molar-refractivity contribution in [1.29, 1.82) is 0 Å². The summed E-state index contributed by atoms with van der Waals surface area (Å²) in [5.74, 6) is -0.166. The fraction of sp³-hybridized carbons (Fsp3) is 0.0455. The number of carbonyl (C=O) groups is 1. The highest BCUT2D eigenvalue weighted by atomic mass is 79.9. The third-order valence-electron chi connectivity index (χ3n) is 4.27. The summed E-state index contributed by atoms with van der Waals surface area (Å²) in [4.78, 5) is 21.9. The molecule has 0 saturated heterocycles. The van der Waals surface area contributed by atoms with Gasteiger partial charge in [-0.05, 0) is 61.5 Å². The first-order valence-corrected chi connectivity index (χ1v) is 9.28. The Bertz CT molecular complexity index is 1130. The van der Waals surface area contributed by atoms with Crippen LogP contribution in [-0.2, 0) is 0 Å². The lowest BCUT2D eigenvalue weighted by atomic mass is 10.0. The van der Waals surface area contributed by atoms with E-state index < -0.39 is 0 Å². The number of nitrogens with one attached hydrogen (secondary N) is 1. The largest absolute Gasteiger partial charge is 0.322 e. The smallest absolute Gasteiger partial charge is 0.256 e. The fourth-order valence-corrected chi connectivity index (χ4v) is 3.19. The van der Waals surface area contributed by atoms with Gasteiger partial charge in [0, 0.05) is 33.5 Å². The number of amides is 1. The van der Waals surface area contributed by atoms with E-state index >= 15 is 0 Å². The van der Waals surface area contributed by atoms with Crippen LogP contribution in [0.3, 0.4) is 0 Å². The molecule has 0 aliphatic heterocycles. The summed E-state index contributed by atoms with van der Waals surface area (Å²) in [7, 11) is 0. The number of anilines is 1. The Kier molecular flexibility index (Phi) is 4.69. The molecule has 4 rings (SSSR count). The maximum absolute atomic E-state index is 13.0. The number of pyridine rings is 2. The maximum atomic E-state index is 13.0. The zero-order chi connectivity index (χ0) is 18.8. The minimum atomic E-state index is -0.166. The van der Waals surface area contributed by atoms with Crippen LogP contribution in [-0.4, -0.2) is 15.9 Å². The lowest BCUT2D eigenvalue weighted by molar-refractivity contribution is 0.102. The Morgan fingerprint density at radius 2 is 1.85 bits per heavy atom. The first-order chi connectivity index (χ1) is 13.1. The normalized spacial score (nSPS) is 10.7. The average Bonchev–Trinajstić information content (AvgIpc) is 2.69. The van der Waals surface area contributed by atoms with Crippen LogP contribution in [0.1, 0.15) is 15.9 Å². The number of nitrogens with zero attached hydrogens (tertiary/aromatic N) is 2. The number of rotatable bonds is 3. The molecule has 4 nitrogen and oxygen atoms in total. The lowest BCUT2D eigenvalue weighted by Crippen LogP contribution is -2.13. The summed E-state index contributed by atoms with van der Waals surface area (Å²) < 4.78 is 0.962.